The summed E-state index contributed by atoms with van der Waals surface area (Å²) in [4.78, 5) is 12.0. The van der Waals surface area contributed by atoms with Gasteiger partial charge < -0.3 is 19.5 Å². The minimum atomic E-state index is -0.264. The fourth-order valence-electron chi connectivity index (χ4n) is 2.90. The molecule has 0 bridgehead atoms. The molecule has 2 heterocycles. The third kappa shape index (κ3) is 5.06. The molecule has 0 aliphatic carbocycles. The molecule has 0 unspecified atom stereocenters. The molecule has 0 saturated carbocycles. The highest BCUT2D eigenvalue weighted by molar-refractivity contribution is 6.33. The fraction of sp³-hybridized carbons (Fsp3) is 0.182. The molecule has 9 nitrogen and oxygen atoms in total. The third-order valence-electron chi connectivity index (χ3n) is 4.44. The van der Waals surface area contributed by atoms with E-state index >= 15 is 0 Å². The molecule has 164 valence electrons. The van der Waals surface area contributed by atoms with Crippen molar-refractivity contribution in [3.05, 3.63) is 65.7 Å². The number of methoxy groups -OCH3 is 1. The zero-order valence-corrected chi connectivity index (χ0v) is 18.0. The van der Waals surface area contributed by atoms with Crippen LogP contribution in [0.5, 0.6) is 17.4 Å². The van der Waals surface area contributed by atoms with E-state index in [0.29, 0.717) is 40.4 Å². The van der Waals surface area contributed by atoms with Gasteiger partial charge in [-0.1, -0.05) is 29.8 Å². The lowest BCUT2D eigenvalue weighted by atomic mass is 10.2. The van der Waals surface area contributed by atoms with E-state index in [4.69, 9.17) is 25.8 Å². The maximum atomic E-state index is 12.0. The van der Waals surface area contributed by atoms with Gasteiger partial charge in [0.15, 0.2) is 18.1 Å². The van der Waals surface area contributed by atoms with E-state index in [1.165, 1.54) is 0 Å². The van der Waals surface area contributed by atoms with Gasteiger partial charge in [-0.15, -0.1) is 15.3 Å². The highest BCUT2D eigenvalue weighted by Crippen LogP contribution is 2.26. The van der Waals surface area contributed by atoms with Crippen LogP contribution in [0.2, 0.25) is 5.02 Å². The second-order valence-electron chi connectivity index (χ2n) is 6.61. The number of aromatic nitrogens is 4. The first-order valence-corrected chi connectivity index (χ1v) is 10.2. The van der Waals surface area contributed by atoms with Crippen LogP contribution >= 0.6 is 11.6 Å². The molecular weight excluding hydrogens is 434 g/mol. The average Bonchev–Trinajstić information content (AvgIpc) is 3.24. The van der Waals surface area contributed by atoms with E-state index in [1.54, 1.807) is 54.1 Å². The highest BCUT2D eigenvalue weighted by Gasteiger charge is 2.13. The summed E-state index contributed by atoms with van der Waals surface area (Å²) in [5.41, 5.74) is 1.28. The first-order chi connectivity index (χ1) is 15.6. The Morgan fingerprint density at radius 2 is 1.88 bits per heavy atom. The number of nitrogens with one attached hydrogen (secondary N) is 1. The Morgan fingerprint density at radius 3 is 2.72 bits per heavy atom. The van der Waals surface area contributed by atoms with Gasteiger partial charge in [0.1, 0.15) is 18.1 Å². The van der Waals surface area contributed by atoms with Gasteiger partial charge in [0.25, 0.3) is 5.91 Å². The number of halogens is 1. The molecule has 0 saturated heterocycles. The van der Waals surface area contributed by atoms with Crippen molar-refractivity contribution in [2.45, 2.75) is 0 Å². The van der Waals surface area contributed by atoms with Crippen LogP contribution in [0.1, 0.15) is 0 Å². The number of ether oxygens (including phenoxy) is 3. The van der Waals surface area contributed by atoms with E-state index in [1.807, 2.05) is 18.2 Å². The number of hydrogen-bond donors (Lipinski definition) is 1. The molecule has 4 rings (SSSR count). The number of amides is 1. The lowest BCUT2D eigenvalue weighted by Crippen LogP contribution is -2.32. The van der Waals surface area contributed by atoms with Crippen LogP contribution in [-0.4, -0.2) is 52.6 Å². The largest absolute Gasteiger partial charge is 0.497 e. The average molecular weight is 454 g/mol. The van der Waals surface area contributed by atoms with Gasteiger partial charge in [0, 0.05) is 17.7 Å². The molecule has 4 aromatic rings. The summed E-state index contributed by atoms with van der Waals surface area (Å²) in [5.74, 6) is 1.83. The quantitative estimate of drug-likeness (QED) is 0.389. The number of carbonyl (C=O) groups excluding carboxylic acids is 1. The van der Waals surface area contributed by atoms with Crippen LogP contribution in [-0.2, 0) is 4.79 Å². The Morgan fingerprint density at radius 1 is 1.03 bits per heavy atom. The molecule has 2 aromatic heterocycles. The topological polar surface area (TPSA) is 99.9 Å². The Bertz CT molecular complexity index is 1230. The third-order valence-corrected chi connectivity index (χ3v) is 4.77. The highest BCUT2D eigenvalue weighted by atomic mass is 35.5. The molecular formula is C22H20ClN5O4. The van der Waals surface area contributed by atoms with E-state index in [9.17, 15) is 4.79 Å². The molecule has 0 radical (unpaired) electrons. The first kappa shape index (κ1) is 21.4. The molecule has 2 aromatic carbocycles. The van der Waals surface area contributed by atoms with Gasteiger partial charge in [-0.2, -0.15) is 4.52 Å². The summed E-state index contributed by atoms with van der Waals surface area (Å²) >= 11 is 6.27. The number of hydrogen-bond acceptors (Lipinski definition) is 7. The second kappa shape index (κ2) is 9.97. The van der Waals surface area contributed by atoms with Crippen molar-refractivity contribution in [2.75, 3.05) is 26.9 Å². The van der Waals surface area contributed by atoms with Crippen molar-refractivity contribution in [1.29, 1.82) is 0 Å². The summed E-state index contributed by atoms with van der Waals surface area (Å²) in [5, 5.41) is 16.0. The zero-order valence-electron chi connectivity index (χ0n) is 17.2. The van der Waals surface area contributed by atoms with Gasteiger partial charge in [-0.3, -0.25) is 4.79 Å². The first-order valence-electron chi connectivity index (χ1n) is 9.78. The van der Waals surface area contributed by atoms with Crippen molar-refractivity contribution < 1.29 is 19.0 Å². The Hall–Kier alpha value is -3.85. The van der Waals surface area contributed by atoms with E-state index in [0.717, 1.165) is 5.56 Å². The number of fused-ring (bicyclic) bond motifs is 1. The van der Waals surface area contributed by atoms with E-state index < -0.39 is 0 Å². The molecule has 0 atom stereocenters. The smallest absolute Gasteiger partial charge is 0.258 e. The normalized spacial score (nSPS) is 10.7. The lowest BCUT2D eigenvalue weighted by molar-refractivity contribution is -0.123. The number of nitrogens with zero attached hydrogens (tertiary/aromatic N) is 4. The van der Waals surface area contributed by atoms with Gasteiger partial charge in [0.05, 0.1) is 18.7 Å². The summed E-state index contributed by atoms with van der Waals surface area (Å²) in [6.07, 6.45) is 0. The Kier molecular flexibility index (Phi) is 6.66. The molecule has 32 heavy (non-hydrogen) atoms. The number of rotatable bonds is 9. The van der Waals surface area contributed by atoms with Crippen molar-refractivity contribution in [3.8, 4) is 28.8 Å². The summed E-state index contributed by atoms with van der Waals surface area (Å²) < 4.78 is 17.8. The molecule has 1 N–H and O–H groups in total. The SMILES string of the molecule is COc1cccc(OCC(=O)NCCOc2ccc3nnc(-c4ccccc4Cl)n3n2)c1. The molecule has 0 aliphatic heterocycles. The minimum absolute atomic E-state index is 0.112. The second-order valence-corrected chi connectivity index (χ2v) is 7.02. The van der Waals surface area contributed by atoms with Crippen molar-refractivity contribution >= 4 is 23.2 Å². The maximum Gasteiger partial charge on any atom is 0.258 e. The molecule has 1 amide bonds. The molecule has 0 fully saturated rings. The van der Waals surface area contributed by atoms with E-state index in [-0.39, 0.29) is 19.1 Å². The zero-order chi connectivity index (χ0) is 22.3. The van der Waals surface area contributed by atoms with Gasteiger partial charge >= 0.3 is 0 Å². The maximum absolute atomic E-state index is 12.0. The monoisotopic (exact) mass is 453 g/mol. The van der Waals surface area contributed by atoms with Crippen molar-refractivity contribution in [3.63, 3.8) is 0 Å². The van der Waals surface area contributed by atoms with Crippen molar-refractivity contribution in [1.82, 2.24) is 25.1 Å². The Labute approximate surface area is 188 Å². The van der Waals surface area contributed by atoms with Crippen LogP contribution in [0.25, 0.3) is 17.0 Å². The van der Waals surface area contributed by atoms with Gasteiger partial charge in [-0.25, -0.2) is 0 Å². The minimum Gasteiger partial charge on any atom is -0.497 e. The van der Waals surface area contributed by atoms with Crippen LogP contribution in [0.3, 0.4) is 0 Å². The summed E-state index contributed by atoms with van der Waals surface area (Å²) in [7, 11) is 1.57. The van der Waals surface area contributed by atoms with Crippen LogP contribution in [0.15, 0.2) is 60.7 Å². The number of benzene rings is 2. The molecule has 10 heteroatoms. The van der Waals surface area contributed by atoms with Gasteiger partial charge in [0.2, 0.25) is 5.88 Å². The van der Waals surface area contributed by atoms with Crippen LogP contribution in [0.4, 0.5) is 0 Å². The number of carbonyl (C=O) groups is 1. The summed E-state index contributed by atoms with van der Waals surface area (Å²) in [6, 6.07) is 17.8. The fourth-order valence-corrected chi connectivity index (χ4v) is 3.12. The van der Waals surface area contributed by atoms with Crippen LogP contribution < -0.4 is 19.5 Å². The molecule has 0 spiro atoms. The predicted octanol–water partition coefficient (Wildman–Crippen LogP) is 3.03. The van der Waals surface area contributed by atoms with Gasteiger partial charge in [-0.05, 0) is 30.3 Å². The molecule has 0 aliphatic rings. The van der Waals surface area contributed by atoms with E-state index in [2.05, 4.69) is 20.6 Å². The van der Waals surface area contributed by atoms with Crippen LogP contribution in [0, 0.1) is 0 Å². The Balaban J connectivity index is 1.29. The van der Waals surface area contributed by atoms with Crippen molar-refractivity contribution in [2.24, 2.45) is 0 Å². The standard InChI is InChI=1S/C22H20ClN5O4/c1-30-15-5-4-6-16(13-15)32-14-20(29)24-11-12-31-21-10-9-19-25-26-22(28(19)27-21)17-7-2-3-8-18(17)23/h2-10,13H,11-12,14H2,1H3,(H,24,29). The summed E-state index contributed by atoms with van der Waals surface area (Å²) in [6.45, 7) is 0.409. The predicted molar refractivity (Wildman–Crippen MR) is 118 cm³/mol. The lowest BCUT2D eigenvalue weighted by Gasteiger charge is -2.09.